The number of aromatic nitrogens is 1. The van der Waals surface area contributed by atoms with Crippen LogP contribution >= 0.6 is 11.8 Å². The molecule has 0 unspecified atom stereocenters. The zero-order chi connectivity index (χ0) is 24.2. The van der Waals surface area contributed by atoms with Crippen molar-refractivity contribution >= 4 is 34.9 Å². The molecule has 1 aromatic heterocycles. The van der Waals surface area contributed by atoms with Crippen LogP contribution in [0.5, 0.6) is 0 Å². The molecule has 0 spiro atoms. The average Bonchev–Trinajstić information content (AvgIpc) is 3.00. The maximum absolute atomic E-state index is 13.5. The van der Waals surface area contributed by atoms with E-state index < -0.39 is 0 Å². The van der Waals surface area contributed by atoms with Crippen molar-refractivity contribution in [3.8, 4) is 12.1 Å². The molecule has 6 nitrogen and oxygen atoms in total. The zero-order valence-corrected chi connectivity index (χ0v) is 20.0. The smallest absolute Gasteiger partial charge is 0.232 e. The number of carbonyl (C=O) groups excluding carboxylic acids is 1. The van der Waals surface area contributed by atoms with Crippen LogP contribution in [0, 0.1) is 22.7 Å². The molecule has 0 fully saturated rings. The number of nitrogen functional groups attached to an aromatic ring is 1. The minimum Gasteiger partial charge on any atom is -0.383 e. The van der Waals surface area contributed by atoms with Crippen molar-refractivity contribution in [1.29, 1.82) is 10.5 Å². The fourth-order valence-electron chi connectivity index (χ4n) is 4.40. The SMILES string of the molecule is CC(C)c1c(C#N)c(N)nc(SCCC(=O)N2c3ccccc3CCc3ccccc32)c1C#N. The number of amides is 1. The van der Waals surface area contributed by atoms with E-state index in [4.69, 9.17) is 5.73 Å². The van der Waals surface area contributed by atoms with Crippen LogP contribution in [0.25, 0.3) is 0 Å². The van der Waals surface area contributed by atoms with Crippen molar-refractivity contribution in [3.05, 3.63) is 76.3 Å². The maximum Gasteiger partial charge on any atom is 0.232 e. The summed E-state index contributed by atoms with van der Waals surface area (Å²) in [6, 6.07) is 20.3. The molecule has 0 radical (unpaired) electrons. The number of hydrogen-bond donors (Lipinski definition) is 1. The molecule has 1 aliphatic rings. The van der Waals surface area contributed by atoms with E-state index >= 15 is 0 Å². The summed E-state index contributed by atoms with van der Waals surface area (Å²) in [5.74, 6) is 0.484. The molecular weight excluding hydrogens is 442 g/mol. The predicted molar refractivity (Wildman–Crippen MR) is 135 cm³/mol. The molecule has 2 heterocycles. The highest BCUT2D eigenvalue weighted by atomic mass is 32.2. The molecule has 34 heavy (non-hydrogen) atoms. The summed E-state index contributed by atoms with van der Waals surface area (Å²) in [6.45, 7) is 3.84. The third-order valence-corrected chi connectivity index (χ3v) is 6.94. The second-order valence-corrected chi connectivity index (χ2v) is 9.51. The van der Waals surface area contributed by atoms with E-state index in [1.807, 2.05) is 55.1 Å². The number of aryl methyl sites for hydroxylation is 2. The van der Waals surface area contributed by atoms with Crippen molar-refractivity contribution in [2.75, 3.05) is 16.4 Å². The first kappa shape index (κ1) is 23.4. The highest BCUT2D eigenvalue weighted by molar-refractivity contribution is 7.99. The summed E-state index contributed by atoms with van der Waals surface area (Å²) in [5.41, 5.74) is 11.4. The number of rotatable bonds is 5. The first-order valence-electron chi connectivity index (χ1n) is 11.2. The molecule has 0 aliphatic carbocycles. The molecule has 7 heteroatoms. The number of pyridine rings is 1. The van der Waals surface area contributed by atoms with Crippen LogP contribution in [0.4, 0.5) is 17.2 Å². The van der Waals surface area contributed by atoms with Crippen molar-refractivity contribution in [2.24, 2.45) is 0 Å². The molecule has 0 saturated carbocycles. The van der Waals surface area contributed by atoms with Gasteiger partial charge in [0, 0.05) is 12.2 Å². The normalized spacial score (nSPS) is 12.3. The number of benzene rings is 2. The Balaban J connectivity index is 1.61. The van der Waals surface area contributed by atoms with Gasteiger partial charge in [0.15, 0.2) is 0 Å². The van der Waals surface area contributed by atoms with Crippen LogP contribution in [0.3, 0.4) is 0 Å². The van der Waals surface area contributed by atoms with Gasteiger partial charge in [0.1, 0.15) is 23.0 Å². The van der Waals surface area contributed by atoms with E-state index in [0.717, 1.165) is 35.3 Å². The molecule has 0 bridgehead atoms. The van der Waals surface area contributed by atoms with E-state index in [2.05, 4.69) is 29.3 Å². The Kier molecular flexibility index (Phi) is 6.86. The Morgan fingerprint density at radius 1 is 1.03 bits per heavy atom. The Labute approximate surface area is 204 Å². The Bertz CT molecular complexity index is 1290. The fourth-order valence-corrected chi connectivity index (χ4v) is 5.33. The van der Waals surface area contributed by atoms with Crippen LogP contribution < -0.4 is 10.6 Å². The third kappa shape index (κ3) is 4.35. The summed E-state index contributed by atoms with van der Waals surface area (Å²) < 4.78 is 0. The van der Waals surface area contributed by atoms with Crippen molar-refractivity contribution < 1.29 is 4.79 Å². The van der Waals surface area contributed by atoms with Gasteiger partial charge in [-0.25, -0.2) is 4.98 Å². The number of nitrogens with zero attached hydrogens (tertiary/aromatic N) is 4. The van der Waals surface area contributed by atoms with Gasteiger partial charge in [0.25, 0.3) is 0 Å². The van der Waals surface area contributed by atoms with Gasteiger partial charge in [-0.05, 0) is 47.6 Å². The minimum absolute atomic E-state index is 0.0153. The lowest BCUT2D eigenvalue weighted by atomic mass is 9.94. The molecule has 0 saturated heterocycles. The van der Waals surface area contributed by atoms with Gasteiger partial charge in [-0.15, -0.1) is 11.8 Å². The minimum atomic E-state index is -0.0549. The van der Waals surface area contributed by atoms with Gasteiger partial charge in [0.2, 0.25) is 5.91 Å². The molecule has 4 rings (SSSR count). The maximum atomic E-state index is 13.5. The molecule has 2 N–H and O–H groups in total. The topological polar surface area (TPSA) is 107 Å². The van der Waals surface area contributed by atoms with Gasteiger partial charge in [-0.3, -0.25) is 9.69 Å². The third-order valence-electron chi connectivity index (χ3n) is 5.96. The lowest BCUT2D eigenvalue weighted by Gasteiger charge is -2.25. The summed E-state index contributed by atoms with van der Waals surface area (Å²) in [7, 11) is 0. The monoisotopic (exact) mass is 467 g/mol. The fraction of sp³-hybridized carbons (Fsp3) is 0.259. The highest BCUT2D eigenvalue weighted by Crippen LogP contribution is 2.37. The Morgan fingerprint density at radius 3 is 2.12 bits per heavy atom. The molecule has 170 valence electrons. The largest absolute Gasteiger partial charge is 0.383 e. The first-order valence-corrected chi connectivity index (χ1v) is 12.2. The van der Waals surface area contributed by atoms with E-state index in [9.17, 15) is 15.3 Å². The van der Waals surface area contributed by atoms with Gasteiger partial charge in [-0.2, -0.15) is 10.5 Å². The molecule has 2 aromatic carbocycles. The number of anilines is 3. The number of para-hydroxylation sites is 2. The second-order valence-electron chi connectivity index (χ2n) is 8.43. The lowest BCUT2D eigenvalue weighted by Crippen LogP contribution is -2.27. The van der Waals surface area contributed by atoms with Crippen LogP contribution in [0.1, 0.15) is 54.0 Å². The molecule has 1 aliphatic heterocycles. The number of thioether (sulfide) groups is 1. The van der Waals surface area contributed by atoms with E-state index in [-0.39, 0.29) is 29.6 Å². The summed E-state index contributed by atoms with van der Waals surface area (Å²) in [6.07, 6.45) is 2.02. The molecule has 0 atom stereocenters. The molecule has 3 aromatic rings. The van der Waals surface area contributed by atoms with Gasteiger partial charge < -0.3 is 5.73 Å². The van der Waals surface area contributed by atoms with Crippen LogP contribution in [-0.4, -0.2) is 16.6 Å². The van der Waals surface area contributed by atoms with Crippen LogP contribution in [0.15, 0.2) is 53.6 Å². The van der Waals surface area contributed by atoms with Gasteiger partial charge in [-0.1, -0.05) is 50.2 Å². The Hall–Kier alpha value is -3.81. The molecule has 1 amide bonds. The summed E-state index contributed by atoms with van der Waals surface area (Å²) in [4.78, 5) is 19.7. The summed E-state index contributed by atoms with van der Waals surface area (Å²) >= 11 is 1.33. The van der Waals surface area contributed by atoms with Gasteiger partial charge >= 0.3 is 0 Å². The van der Waals surface area contributed by atoms with Crippen molar-refractivity contribution in [3.63, 3.8) is 0 Å². The quantitative estimate of drug-likeness (QED) is 0.498. The van der Waals surface area contributed by atoms with Crippen molar-refractivity contribution in [1.82, 2.24) is 4.98 Å². The number of fused-ring (bicyclic) bond motifs is 2. The van der Waals surface area contributed by atoms with E-state index in [1.54, 1.807) is 0 Å². The number of carbonyl (C=O) groups is 1. The Morgan fingerprint density at radius 2 is 1.59 bits per heavy atom. The second kappa shape index (κ2) is 9.99. The van der Waals surface area contributed by atoms with Crippen molar-refractivity contribution in [2.45, 2.75) is 44.1 Å². The number of nitrogens with two attached hydrogens (primary N) is 1. The van der Waals surface area contributed by atoms with Crippen LogP contribution in [-0.2, 0) is 17.6 Å². The zero-order valence-electron chi connectivity index (χ0n) is 19.2. The average molecular weight is 468 g/mol. The van der Waals surface area contributed by atoms with E-state index in [1.165, 1.54) is 11.8 Å². The standard InChI is InChI=1S/C27H25N5OS/c1-17(2)25-20(15-28)26(30)31-27(21(25)16-29)34-14-13-24(33)32-22-9-5-3-7-18(22)11-12-19-8-4-6-10-23(19)32/h3-10,17H,11-14H2,1-2H3,(H2,30,31). The lowest BCUT2D eigenvalue weighted by molar-refractivity contribution is -0.117. The number of nitriles is 2. The number of hydrogen-bond acceptors (Lipinski definition) is 6. The van der Waals surface area contributed by atoms with E-state index in [0.29, 0.717) is 21.9 Å². The predicted octanol–water partition coefficient (Wildman–Crippen LogP) is 5.48. The molecular formula is C27H25N5OS. The first-order chi connectivity index (χ1) is 16.5. The summed E-state index contributed by atoms with van der Waals surface area (Å²) in [5, 5.41) is 19.8. The van der Waals surface area contributed by atoms with Gasteiger partial charge in [0.05, 0.1) is 22.5 Å². The van der Waals surface area contributed by atoms with Crippen LogP contribution in [0.2, 0.25) is 0 Å². The highest BCUT2D eigenvalue weighted by Gasteiger charge is 2.26.